The molecule has 2 aliphatic heterocycles. The average molecular weight is 523 g/mol. The summed E-state index contributed by atoms with van der Waals surface area (Å²) in [5.41, 5.74) is 7.99. The van der Waals surface area contributed by atoms with Crippen molar-refractivity contribution in [3.05, 3.63) is 64.8 Å². The van der Waals surface area contributed by atoms with Gasteiger partial charge in [0.05, 0.1) is 35.4 Å². The highest BCUT2D eigenvalue weighted by molar-refractivity contribution is 6.03. The number of rotatable bonds is 6. The highest BCUT2D eigenvalue weighted by Crippen LogP contribution is 2.51. The van der Waals surface area contributed by atoms with Gasteiger partial charge in [-0.3, -0.25) is 4.79 Å². The molecule has 5 N–H and O–H groups in total. The van der Waals surface area contributed by atoms with E-state index in [9.17, 15) is 14.4 Å². The zero-order valence-electron chi connectivity index (χ0n) is 21.8. The Balaban J connectivity index is 0.000000368. The zero-order valence-corrected chi connectivity index (χ0v) is 21.8. The molecule has 202 valence electrons. The van der Waals surface area contributed by atoms with E-state index in [4.69, 9.17) is 14.9 Å². The maximum Gasteiger partial charge on any atom is 0.328 e. The summed E-state index contributed by atoms with van der Waals surface area (Å²) in [6.45, 7) is 3.16. The van der Waals surface area contributed by atoms with Gasteiger partial charge in [-0.2, -0.15) is 0 Å². The van der Waals surface area contributed by atoms with E-state index in [1.54, 1.807) is 7.11 Å². The molecule has 5 rings (SSSR count). The van der Waals surface area contributed by atoms with E-state index in [2.05, 4.69) is 59.1 Å². The fourth-order valence-electron chi connectivity index (χ4n) is 5.32. The van der Waals surface area contributed by atoms with Gasteiger partial charge in [-0.05, 0) is 55.4 Å². The number of hydrogen-bond acceptors (Lipinski definition) is 7. The minimum Gasteiger partial charge on any atom is -0.478 e. The Morgan fingerprint density at radius 3 is 2.61 bits per heavy atom. The van der Waals surface area contributed by atoms with Gasteiger partial charge in [-0.15, -0.1) is 0 Å². The number of hydrogen-bond donors (Lipinski definition) is 5. The molecule has 1 aromatic rings. The molecule has 1 spiro atoms. The first-order chi connectivity index (χ1) is 18.1. The van der Waals surface area contributed by atoms with Crippen LogP contribution in [-0.4, -0.2) is 67.1 Å². The van der Waals surface area contributed by atoms with Gasteiger partial charge in [0.2, 0.25) is 0 Å². The first-order valence-electron chi connectivity index (χ1n) is 12.6. The molecule has 0 saturated carbocycles. The Labute approximate surface area is 221 Å². The van der Waals surface area contributed by atoms with Crippen LogP contribution in [0.25, 0.3) is 0 Å². The van der Waals surface area contributed by atoms with Gasteiger partial charge >= 0.3 is 11.9 Å². The molecule has 38 heavy (non-hydrogen) atoms. The van der Waals surface area contributed by atoms with Gasteiger partial charge in [0, 0.05) is 38.4 Å². The lowest BCUT2D eigenvalue weighted by Crippen LogP contribution is -2.39. The number of carboxylic acids is 2. The van der Waals surface area contributed by atoms with Crippen molar-refractivity contribution < 1.29 is 29.3 Å². The van der Waals surface area contributed by atoms with Gasteiger partial charge in [0.1, 0.15) is 0 Å². The average Bonchev–Trinajstić information content (AvgIpc) is 3.38. The SMILES string of the molecule is COCCNC(=O)c1cc2c(c3c1CCC1(C=C4CC=CC=C4C1)N3)NC(C)N2C.O=C(O)/C=C\C(=O)O. The molecule has 2 atom stereocenters. The largest absolute Gasteiger partial charge is 0.478 e. The summed E-state index contributed by atoms with van der Waals surface area (Å²) in [4.78, 5) is 34.3. The molecule has 2 heterocycles. The number of aliphatic carboxylic acids is 2. The van der Waals surface area contributed by atoms with E-state index in [1.165, 1.54) is 11.1 Å². The second-order valence-electron chi connectivity index (χ2n) is 9.81. The number of methoxy groups -OCH3 is 1. The zero-order chi connectivity index (χ0) is 27.4. The summed E-state index contributed by atoms with van der Waals surface area (Å²) in [6.07, 6.45) is 14.3. The number of benzene rings is 1. The molecular formula is C28H34N4O6. The van der Waals surface area contributed by atoms with Crippen LogP contribution < -0.4 is 20.9 Å². The number of carbonyl (C=O) groups is 3. The lowest BCUT2D eigenvalue weighted by molar-refractivity contribution is -0.134. The van der Waals surface area contributed by atoms with E-state index in [0.29, 0.717) is 25.3 Å². The topological polar surface area (TPSA) is 140 Å². The number of nitrogens with zero attached hydrogens (tertiary/aromatic N) is 1. The first kappa shape index (κ1) is 27.0. The minimum absolute atomic E-state index is 0.0258. The quantitative estimate of drug-likeness (QED) is 0.281. The monoisotopic (exact) mass is 522 g/mol. The van der Waals surface area contributed by atoms with Crippen LogP contribution in [0, 0.1) is 0 Å². The summed E-state index contributed by atoms with van der Waals surface area (Å²) in [7, 11) is 3.72. The van der Waals surface area contributed by atoms with E-state index in [0.717, 1.165) is 53.9 Å². The standard InChI is InChI=1S/C24H30N4O2.C4H4O4/c1-15-26-22-20(28(15)2)12-19(23(29)25-10-11-30-3)18-8-9-24(27-21(18)22)13-16-6-4-5-7-17(16)14-24;5-3(6)1-2-4(7)8/h4-6,12,14-15,26-27H,7-11,13H2,1-3H3,(H,25,29);1-2H,(H,5,6)(H,7,8)/b;2-1-. The molecule has 2 aliphatic carbocycles. The second-order valence-corrected chi connectivity index (χ2v) is 9.81. The molecule has 1 amide bonds. The minimum atomic E-state index is -1.26. The van der Waals surface area contributed by atoms with E-state index in [1.807, 2.05) is 6.07 Å². The van der Waals surface area contributed by atoms with Crippen molar-refractivity contribution in [1.29, 1.82) is 0 Å². The molecule has 2 unspecified atom stereocenters. The smallest absolute Gasteiger partial charge is 0.328 e. The van der Waals surface area contributed by atoms with Gasteiger partial charge < -0.3 is 35.8 Å². The Bertz CT molecular complexity index is 1250. The van der Waals surface area contributed by atoms with E-state index in [-0.39, 0.29) is 17.6 Å². The van der Waals surface area contributed by atoms with Crippen molar-refractivity contribution >= 4 is 34.9 Å². The summed E-state index contributed by atoms with van der Waals surface area (Å²) >= 11 is 0. The molecule has 10 heteroatoms. The molecule has 0 bridgehead atoms. The molecule has 0 radical (unpaired) electrons. The third kappa shape index (κ3) is 5.60. The highest BCUT2D eigenvalue weighted by atomic mass is 16.5. The number of nitrogens with one attached hydrogen (secondary N) is 3. The van der Waals surface area contributed by atoms with Crippen LogP contribution in [0.4, 0.5) is 17.1 Å². The van der Waals surface area contributed by atoms with Crippen LogP contribution in [0.1, 0.15) is 42.1 Å². The lowest BCUT2D eigenvalue weighted by atomic mass is 9.82. The maximum atomic E-state index is 13.0. The third-order valence-electron chi connectivity index (χ3n) is 7.27. The van der Waals surface area contributed by atoms with Gasteiger partial charge in [0.25, 0.3) is 5.91 Å². The number of ether oxygens (including phenoxy) is 1. The van der Waals surface area contributed by atoms with Gasteiger partial charge in [-0.1, -0.05) is 24.3 Å². The number of amides is 1. The van der Waals surface area contributed by atoms with Crippen LogP contribution >= 0.6 is 0 Å². The fourth-order valence-corrected chi connectivity index (χ4v) is 5.32. The van der Waals surface area contributed by atoms with E-state index >= 15 is 0 Å². The van der Waals surface area contributed by atoms with Gasteiger partial charge in [-0.25, -0.2) is 9.59 Å². The molecular weight excluding hydrogens is 488 g/mol. The Hall–Kier alpha value is -4.05. The van der Waals surface area contributed by atoms with Crippen molar-refractivity contribution in [2.45, 2.75) is 44.3 Å². The Kier molecular flexibility index (Phi) is 7.91. The second kappa shape index (κ2) is 11.1. The van der Waals surface area contributed by atoms with Crippen LogP contribution in [-0.2, 0) is 20.7 Å². The van der Waals surface area contributed by atoms with Crippen molar-refractivity contribution in [2.24, 2.45) is 0 Å². The van der Waals surface area contributed by atoms with Gasteiger partial charge in [0.15, 0.2) is 0 Å². The summed E-state index contributed by atoms with van der Waals surface area (Å²) in [5, 5.41) is 26.2. The number of anilines is 3. The number of carbonyl (C=O) groups excluding carboxylic acids is 1. The first-order valence-corrected chi connectivity index (χ1v) is 12.6. The normalized spacial score (nSPS) is 22.3. The summed E-state index contributed by atoms with van der Waals surface area (Å²) in [5.74, 6) is -2.54. The van der Waals surface area contributed by atoms with Crippen molar-refractivity contribution in [1.82, 2.24) is 5.32 Å². The third-order valence-corrected chi connectivity index (χ3v) is 7.27. The number of carboxylic acid groups (broad SMARTS) is 2. The maximum absolute atomic E-state index is 13.0. The van der Waals surface area contributed by atoms with Crippen molar-refractivity contribution in [3.8, 4) is 0 Å². The molecule has 0 aromatic heterocycles. The fraction of sp³-hybridized carbons (Fsp3) is 0.393. The predicted octanol–water partition coefficient (Wildman–Crippen LogP) is 3.30. The highest BCUT2D eigenvalue weighted by Gasteiger charge is 2.42. The molecule has 10 nitrogen and oxygen atoms in total. The molecule has 1 aromatic carbocycles. The molecule has 0 fully saturated rings. The summed E-state index contributed by atoms with van der Waals surface area (Å²) in [6, 6.07) is 2.05. The van der Waals surface area contributed by atoms with Crippen LogP contribution in [0.15, 0.2) is 53.7 Å². The van der Waals surface area contributed by atoms with Crippen LogP contribution in [0.2, 0.25) is 0 Å². The Morgan fingerprint density at radius 1 is 1.21 bits per heavy atom. The number of allylic oxidation sites excluding steroid dienone is 4. The lowest BCUT2D eigenvalue weighted by Gasteiger charge is -2.37. The Morgan fingerprint density at radius 2 is 1.95 bits per heavy atom. The predicted molar refractivity (Wildman–Crippen MR) is 146 cm³/mol. The number of fused-ring (bicyclic) bond motifs is 4. The van der Waals surface area contributed by atoms with Crippen molar-refractivity contribution in [3.63, 3.8) is 0 Å². The van der Waals surface area contributed by atoms with E-state index < -0.39 is 11.9 Å². The van der Waals surface area contributed by atoms with Crippen molar-refractivity contribution in [2.75, 3.05) is 42.8 Å². The van der Waals surface area contributed by atoms with Crippen LogP contribution in [0.5, 0.6) is 0 Å². The summed E-state index contributed by atoms with van der Waals surface area (Å²) < 4.78 is 5.09. The molecule has 4 aliphatic rings. The van der Waals surface area contributed by atoms with Crippen LogP contribution in [0.3, 0.4) is 0 Å². The molecule has 0 saturated heterocycles.